The minimum absolute atomic E-state index is 0.0390. The fourth-order valence-corrected chi connectivity index (χ4v) is 5.26. The number of rotatable bonds is 6. The number of halogens is 5. The Balaban J connectivity index is 1.30. The molecule has 1 saturated carbocycles. The second kappa shape index (κ2) is 7.92. The molecular weight excluding hydrogens is 469 g/mol. The maximum absolute atomic E-state index is 13.2. The van der Waals surface area contributed by atoms with Crippen LogP contribution in [0.1, 0.15) is 18.5 Å². The topological polar surface area (TPSA) is 80.5 Å². The summed E-state index contributed by atoms with van der Waals surface area (Å²) in [6.45, 7) is 1.81. The van der Waals surface area contributed by atoms with Gasteiger partial charge in [-0.25, -0.2) is 9.50 Å². The van der Waals surface area contributed by atoms with Crippen LogP contribution in [0.4, 0.5) is 32.9 Å². The van der Waals surface area contributed by atoms with E-state index in [1.165, 1.54) is 28.4 Å². The number of nitrogens with zero attached hydrogens (tertiary/aromatic N) is 6. The normalized spacial score (nSPS) is 23.3. The number of hydrogen-bond donors (Lipinski definition) is 1. The summed E-state index contributed by atoms with van der Waals surface area (Å²) >= 11 is 1.49. The standard InChI is InChI=1S/C19H20F5N7OS/c1-10-6-13(33-29-10)30-7-11-2-3-12(8-30)14(11)26-17-27-15-16(25-4-5-31(15)28-17)32-9-18(20,21)19(22,23)24/h4-6,11-12,14H,2-3,7-9H2,1H3,(H,26,28)/t11-,12?,14-/m0/s1. The molecule has 1 unspecified atom stereocenters. The molecular formula is C19H20F5N7OS. The van der Waals surface area contributed by atoms with Crippen molar-refractivity contribution in [2.45, 2.75) is 37.9 Å². The molecule has 5 rings (SSSR count). The van der Waals surface area contributed by atoms with Gasteiger partial charge in [-0.3, -0.25) is 0 Å². The summed E-state index contributed by atoms with van der Waals surface area (Å²) in [4.78, 5) is 10.4. The number of hydrogen-bond acceptors (Lipinski definition) is 8. The third kappa shape index (κ3) is 4.15. The lowest BCUT2D eigenvalue weighted by atomic mass is 9.92. The fourth-order valence-electron chi connectivity index (χ4n) is 4.49. The van der Waals surface area contributed by atoms with Crippen LogP contribution in [0.25, 0.3) is 5.65 Å². The molecule has 2 aliphatic rings. The molecule has 8 nitrogen and oxygen atoms in total. The Kier molecular flexibility index (Phi) is 5.29. The maximum Gasteiger partial charge on any atom is 0.456 e. The zero-order valence-electron chi connectivity index (χ0n) is 17.4. The van der Waals surface area contributed by atoms with Crippen LogP contribution in [0.2, 0.25) is 0 Å². The molecule has 0 aromatic carbocycles. The molecule has 2 bridgehead atoms. The number of anilines is 2. The number of aryl methyl sites for hydroxylation is 1. The third-order valence-electron chi connectivity index (χ3n) is 6.08. The lowest BCUT2D eigenvalue weighted by Gasteiger charge is -2.38. The molecule has 178 valence electrons. The van der Waals surface area contributed by atoms with Gasteiger partial charge in [0.25, 0.3) is 5.88 Å². The fraction of sp³-hybridized carbons (Fsp3) is 0.579. The van der Waals surface area contributed by atoms with E-state index < -0.39 is 24.6 Å². The van der Waals surface area contributed by atoms with E-state index in [9.17, 15) is 22.0 Å². The molecule has 3 atom stereocenters. The van der Waals surface area contributed by atoms with Gasteiger partial charge in [0, 0.05) is 31.5 Å². The van der Waals surface area contributed by atoms with Crippen molar-refractivity contribution in [3.63, 3.8) is 0 Å². The molecule has 3 aromatic rings. The lowest BCUT2D eigenvalue weighted by molar-refractivity contribution is -0.290. The molecule has 1 N–H and O–H groups in total. The molecule has 0 spiro atoms. The summed E-state index contributed by atoms with van der Waals surface area (Å²) in [5.41, 5.74) is 0.957. The van der Waals surface area contributed by atoms with E-state index >= 15 is 0 Å². The van der Waals surface area contributed by atoms with E-state index in [0.717, 1.165) is 36.6 Å². The summed E-state index contributed by atoms with van der Waals surface area (Å²) in [6, 6.07) is 2.21. The Morgan fingerprint density at radius 2 is 1.91 bits per heavy atom. The van der Waals surface area contributed by atoms with Crippen molar-refractivity contribution in [3.05, 3.63) is 24.2 Å². The Morgan fingerprint density at radius 3 is 2.55 bits per heavy atom. The van der Waals surface area contributed by atoms with E-state index in [1.54, 1.807) is 0 Å². The van der Waals surface area contributed by atoms with E-state index in [2.05, 4.69) is 40.5 Å². The van der Waals surface area contributed by atoms with Gasteiger partial charge in [-0.15, -0.1) is 5.10 Å². The zero-order valence-corrected chi connectivity index (χ0v) is 18.2. The Labute approximate surface area is 188 Å². The molecule has 14 heteroatoms. The maximum atomic E-state index is 13.2. The van der Waals surface area contributed by atoms with Gasteiger partial charge in [0.05, 0.1) is 5.69 Å². The Bertz CT molecular complexity index is 1140. The van der Waals surface area contributed by atoms with Crippen molar-refractivity contribution in [3.8, 4) is 5.88 Å². The molecule has 33 heavy (non-hydrogen) atoms. The summed E-state index contributed by atoms with van der Waals surface area (Å²) in [6.07, 6.45) is -0.999. The average molecular weight is 489 g/mol. The molecule has 1 saturated heterocycles. The van der Waals surface area contributed by atoms with Crippen LogP contribution in [0.5, 0.6) is 5.88 Å². The van der Waals surface area contributed by atoms with Gasteiger partial charge in [0.15, 0.2) is 6.61 Å². The first-order valence-electron chi connectivity index (χ1n) is 10.3. The number of nitrogens with one attached hydrogen (secondary N) is 1. The van der Waals surface area contributed by atoms with Gasteiger partial charge in [-0.05, 0) is 49.2 Å². The van der Waals surface area contributed by atoms with Crippen LogP contribution in [-0.2, 0) is 0 Å². The quantitative estimate of drug-likeness (QED) is 0.528. The molecule has 3 aromatic heterocycles. The lowest BCUT2D eigenvalue weighted by Crippen LogP contribution is -2.48. The first kappa shape index (κ1) is 22.0. The number of fused-ring (bicyclic) bond motifs is 3. The van der Waals surface area contributed by atoms with Crippen molar-refractivity contribution in [1.82, 2.24) is 24.0 Å². The largest absolute Gasteiger partial charge is 0.468 e. The highest BCUT2D eigenvalue weighted by Crippen LogP contribution is 2.41. The second-order valence-corrected chi connectivity index (χ2v) is 9.19. The van der Waals surface area contributed by atoms with Gasteiger partial charge in [-0.1, -0.05) is 0 Å². The van der Waals surface area contributed by atoms with Crippen LogP contribution in [0.3, 0.4) is 0 Å². The van der Waals surface area contributed by atoms with E-state index in [4.69, 9.17) is 0 Å². The summed E-state index contributed by atoms with van der Waals surface area (Å²) in [7, 11) is 0. The Hall–Kier alpha value is -2.77. The van der Waals surface area contributed by atoms with E-state index in [0.29, 0.717) is 11.8 Å². The van der Waals surface area contributed by atoms with Gasteiger partial charge in [0.2, 0.25) is 11.6 Å². The summed E-state index contributed by atoms with van der Waals surface area (Å²) < 4.78 is 74.1. The van der Waals surface area contributed by atoms with Gasteiger partial charge in [-0.2, -0.15) is 31.3 Å². The molecule has 4 heterocycles. The molecule has 0 radical (unpaired) electrons. The van der Waals surface area contributed by atoms with Gasteiger partial charge in [0.1, 0.15) is 5.00 Å². The first-order chi connectivity index (χ1) is 15.6. The summed E-state index contributed by atoms with van der Waals surface area (Å²) in [5, 5.41) is 8.77. The van der Waals surface area contributed by atoms with Crippen molar-refractivity contribution in [2.75, 3.05) is 29.9 Å². The van der Waals surface area contributed by atoms with Crippen molar-refractivity contribution in [1.29, 1.82) is 0 Å². The van der Waals surface area contributed by atoms with Crippen molar-refractivity contribution >= 4 is 28.1 Å². The smallest absolute Gasteiger partial charge is 0.456 e. The van der Waals surface area contributed by atoms with Crippen LogP contribution in [-0.4, -0.2) is 61.8 Å². The highest BCUT2D eigenvalue weighted by atomic mass is 32.1. The molecule has 1 aliphatic carbocycles. The SMILES string of the molecule is Cc1cc(N2CC3CC[C@@H](C2)[C@@H]3Nc2nc3c(OCC(F)(F)C(F)(F)F)nccn3n2)sn1. The van der Waals surface area contributed by atoms with Crippen LogP contribution in [0, 0.1) is 18.8 Å². The number of aromatic nitrogens is 5. The van der Waals surface area contributed by atoms with E-state index in [-0.39, 0.29) is 17.6 Å². The van der Waals surface area contributed by atoms with Gasteiger partial charge < -0.3 is 15.0 Å². The second-order valence-electron chi connectivity index (χ2n) is 8.41. The van der Waals surface area contributed by atoms with Crippen LogP contribution < -0.4 is 15.0 Å². The monoisotopic (exact) mass is 489 g/mol. The predicted octanol–water partition coefficient (Wildman–Crippen LogP) is 3.79. The summed E-state index contributed by atoms with van der Waals surface area (Å²) in [5.74, 6) is -4.49. The van der Waals surface area contributed by atoms with Crippen LogP contribution >= 0.6 is 11.5 Å². The van der Waals surface area contributed by atoms with Crippen molar-refractivity contribution in [2.24, 2.45) is 11.8 Å². The average Bonchev–Trinajstić information content (AvgIpc) is 3.41. The predicted molar refractivity (Wildman–Crippen MR) is 110 cm³/mol. The molecule has 2 fully saturated rings. The van der Waals surface area contributed by atoms with Crippen molar-refractivity contribution < 1.29 is 26.7 Å². The molecule has 1 aliphatic heterocycles. The van der Waals surface area contributed by atoms with Crippen LogP contribution in [0.15, 0.2) is 18.5 Å². The Morgan fingerprint density at radius 1 is 1.18 bits per heavy atom. The molecule has 0 amide bonds. The highest BCUT2D eigenvalue weighted by Gasteiger charge is 2.58. The van der Waals surface area contributed by atoms with E-state index in [1.807, 2.05) is 6.92 Å². The number of piperidine rings is 1. The third-order valence-corrected chi connectivity index (χ3v) is 7.03. The zero-order chi connectivity index (χ0) is 23.4. The van der Waals surface area contributed by atoms with Gasteiger partial charge >= 0.3 is 12.1 Å². The highest BCUT2D eigenvalue weighted by molar-refractivity contribution is 7.10. The minimum atomic E-state index is -5.72. The first-order valence-corrected chi connectivity index (χ1v) is 11.1. The minimum Gasteiger partial charge on any atom is -0.468 e. The number of alkyl halides is 5. The number of ether oxygens (including phenoxy) is 1.